The predicted molar refractivity (Wildman–Crippen MR) is 70.7 cm³/mol. The van der Waals surface area contributed by atoms with E-state index in [1.54, 1.807) is 24.3 Å². The van der Waals surface area contributed by atoms with Gasteiger partial charge in [0.25, 0.3) is 5.91 Å². The Hall–Kier alpha value is -1.95. The average molecular weight is 308 g/mol. The number of methoxy groups -OCH3 is 1. The molecule has 0 spiro atoms. The van der Waals surface area contributed by atoms with Crippen LogP contribution in [0.1, 0.15) is 10.4 Å². The molecule has 92 valence electrons. The van der Waals surface area contributed by atoms with Gasteiger partial charge in [-0.3, -0.25) is 4.79 Å². The molecule has 0 radical (unpaired) electrons. The van der Waals surface area contributed by atoms with Gasteiger partial charge < -0.3 is 10.1 Å². The van der Waals surface area contributed by atoms with Crippen LogP contribution in [0.15, 0.2) is 41.1 Å². The molecule has 0 aliphatic rings. The van der Waals surface area contributed by atoms with Crippen LogP contribution in [0.4, 0.5) is 5.69 Å². The topological polar surface area (TPSA) is 64.1 Å². The summed E-state index contributed by atoms with van der Waals surface area (Å²) in [5.74, 6) is -0.212. The Labute approximate surface area is 112 Å². The lowest BCUT2D eigenvalue weighted by atomic mass is 10.2. The molecule has 0 bridgehead atoms. The fourth-order valence-electron chi connectivity index (χ4n) is 1.29. The van der Waals surface area contributed by atoms with E-state index in [1.807, 2.05) is 0 Å². The molecule has 18 heavy (non-hydrogen) atoms. The van der Waals surface area contributed by atoms with E-state index in [0.29, 0.717) is 11.3 Å². The third kappa shape index (κ3) is 3.04. The fraction of sp³-hybridized carbons (Fsp3) is 0.0833. The zero-order chi connectivity index (χ0) is 13.0. The minimum atomic E-state index is -0.212. The molecule has 0 aliphatic heterocycles. The smallest absolute Gasteiger partial charge is 0.316 e. The Morgan fingerprint density at radius 1 is 1.22 bits per heavy atom. The molecule has 5 nitrogen and oxygen atoms in total. The van der Waals surface area contributed by atoms with Crippen molar-refractivity contribution < 1.29 is 9.53 Å². The molecule has 0 saturated carbocycles. The number of carbonyl (C=O) groups is 1. The zero-order valence-corrected chi connectivity index (χ0v) is 11.1. The summed E-state index contributed by atoms with van der Waals surface area (Å²) >= 11 is 3.31. The van der Waals surface area contributed by atoms with Crippen molar-refractivity contribution in [1.29, 1.82) is 0 Å². The van der Waals surface area contributed by atoms with Crippen molar-refractivity contribution in [3.8, 4) is 6.01 Å². The first-order valence-electron chi connectivity index (χ1n) is 5.12. The number of rotatable bonds is 3. The maximum atomic E-state index is 11.9. The number of hydrogen-bond acceptors (Lipinski definition) is 4. The van der Waals surface area contributed by atoms with Gasteiger partial charge in [-0.25, -0.2) is 9.97 Å². The summed E-state index contributed by atoms with van der Waals surface area (Å²) in [6.07, 6.45) is 2.98. The first-order chi connectivity index (χ1) is 8.69. The molecule has 0 fully saturated rings. The van der Waals surface area contributed by atoms with Crippen molar-refractivity contribution in [3.05, 3.63) is 46.7 Å². The summed E-state index contributed by atoms with van der Waals surface area (Å²) in [6, 6.07) is 7.32. The molecule has 6 heteroatoms. The monoisotopic (exact) mass is 307 g/mol. The molecule has 0 saturated heterocycles. The molecule has 1 amide bonds. The number of hydrogen-bond donors (Lipinski definition) is 1. The second-order valence-electron chi connectivity index (χ2n) is 3.42. The molecule has 1 aromatic heterocycles. The Balaban J connectivity index is 2.08. The quantitative estimate of drug-likeness (QED) is 0.946. The molecule has 1 heterocycles. The van der Waals surface area contributed by atoms with E-state index >= 15 is 0 Å². The summed E-state index contributed by atoms with van der Waals surface area (Å²) in [5.41, 5.74) is 1.08. The summed E-state index contributed by atoms with van der Waals surface area (Å²) in [6.45, 7) is 0. The van der Waals surface area contributed by atoms with Crippen LogP contribution in [0, 0.1) is 0 Å². The van der Waals surface area contributed by atoms with E-state index in [-0.39, 0.29) is 11.9 Å². The van der Waals surface area contributed by atoms with Gasteiger partial charge >= 0.3 is 6.01 Å². The second-order valence-corrected chi connectivity index (χ2v) is 4.34. The Kier molecular flexibility index (Phi) is 3.88. The Bertz CT molecular complexity index is 540. The first-order valence-corrected chi connectivity index (χ1v) is 5.91. The van der Waals surface area contributed by atoms with Crippen molar-refractivity contribution >= 4 is 27.5 Å². The minimum Gasteiger partial charge on any atom is -0.467 e. The number of benzene rings is 1. The van der Waals surface area contributed by atoms with E-state index in [9.17, 15) is 4.79 Å². The molecular formula is C12H10BrN3O2. The second kappa shape index (κ2) is 5.59. The van der Waals surface area contributed by atoms with Crippen LogP contribution in [0.2, 0.25) is 0 Å². The molecule has 0 unspecified atom stereocenters. The summed E-state index contributed by atoms with van der Waals surface area (Å²) < 4.78 is 5.75. The standard InChI is InChI=1S/C12H10BrN3O2/c1-18-12-14-6-10(7-15-12)16-11(17)8-2-4-9(13)5-3-8/h2-7H,1H3,(H,16,17). The molecule has 1 N–H and O–H groups in total. The van der Waals surface area contributed by atoms with E-state index in [4.69, 9.17) is 4.74 Å². The van der Waals surface area contributed by atoms with E-state index in [0.717, 1.165) is 4.47 Å². The number of anilines is 1. The fourth-order valence-corrected chi connectivity index (χ4v) is 1.56. The summed E-state index contributed by atoms with van der Waals surface area (Å²) in [5, 5.41) is 2.69. The van der Waals surface area contributed by atoms with Gasteiger partial charge in [-0.1, -0.05) is 15.9 Å². The highest BCUT2D eigenvalue weighted by molar-refractivity contribution is 9.10. The van der Waals surface area contributed by atoms with Crippen molar-refractivity contribution in [3.63, 3.8) is 0 Å². The van der Waals surface area contributed by atoms with Crippen LogP contribution >= 0.6 is 15.9 Å². The van der Waals surface area contributed by atoms with Gasteiger partial charge in [0.2, 0.25) is 0 Å². The highest BCUT2D eigenvalue weighted by Gasteiger charge is 2.06. The normalized spacial score (nSPS) is 9.89. The van der Waals surface area contributed by atoms with Crippen molar-refractivity contribution in [1.82, 2.24) is 9.97 Å². The lowest BCUT2D eigenvalue weighted by Crippen LogP contribution is -2.12. The number of aromatic nitrogens is 2. The third-order valence-corrected chi connectivity index (χ3v) is 2.70. The maximum absolute atomic E-state index is 11.9. The van der Waals surface area contributed by atoms with Crippen molar-refractivity contribution in [2.45, 2.75) is 0 Å². The van der Waals surface area contributed by atoms with Gasteiger partial charge in [0, 0.05) is 10.0 Å². The van der Waals surface area contributed by atoms with Crippen LogP contribution in [0.25, 0.3) is 0 Å². The van der Waals surface area contributed by atoms with Crippen molar-refractivity contribution in [2.75, 3.05) is 12.4 Å². The SMILES string of the molecule is COc1ncc(NC(=O)c2ccc(Br)cc2)cn1. The predicted octanol–water partition coefficient (Wildman–Crippen LogP) is 2.50. The van der Waals surface area contributed by atoms with Crippen LogP contribution in [-0.4, -0.2) is 23.0 Å². The first kappa shape index (κ1) is 12.5. The highest BCUT2D eigenvalue weighted by atomic mass is 79.9. The third-order valence-electron chi connectivity index (χ3n) is 2.18. The van der Waals surface area contributed by atoms with Gasteiger partial charge in [-0.15, -0.1) is 0 Å². The Morgan fingerprint density at radius 2 is 1.83 bits per heavy atom. The number of carbonyl (C=O) groups excluding carboxylic acids is 1. The van der Waals surface area contributed by atoms with Gasteiger partial charge in [-0.05, 0) is 24.3 Å². The molecule has 2 aromatic rings. The van der Waals surface area contributed by atoms with Crippen LogP contribution in [-0.2, 0) is 0 Å². The van der Waals surface area contributed by atoms with Gasteiger partial charge in [0.05, 0.1) is 25.2 Å². The van der Waals surface area contributed by atoms with E-state index in [1.165, 1.54) is 19.5 Å². The van der Waals surface area contributed by atoms with Gasteiger partial charge in [0.1, 0.15) is 0 Å². The number of halogens is 1. The summed E-state index contributed by atoms with van der Waals surface area (Å²) in [7, 11) is 1.48. The number of nitrogens with zero attached hydrogens (tertiary/aromatic N) is 2. The lowest BCUT2D eigenvalue weighted by molar-refractivity contribution is 0.102. The largest absolute Gasteiger partial charge is 0.467 e. The average Bonchev–Trinajstić information content (AvgIpc) is 2.40. The maximum Gasteiger partial charge on any atom is 0.316 e. The molecule has 0 aliphatic carbocycles. The molecule has 2 rings (SSSR count). The molecule has 0 atom stereocenters. The number of nitrogens with one attached hydrogen (secondary N) is 1. The minimum absolute atomic E-state index is 0.212. The zero-order valence-electron chi connectivity index (χ0n) is 9.55. The lowest BCUT2D eigenvalue weighted by Gasteiger charge is -2.05. The van der Waals surface area contributed by atoms with E-state index in [2.05, 4.69) is 31.2 Å². The Morgan fingerprint density at radius 3 is 2.39 bits per heavy atom. The van der Waals surface area contributed by atoms with Crippen LogP contribution < -0.4 is 10.1 Å². The van der Waals surface area contributed by atoms with Crippen LogP contribution in [0.5, 0.6) is 6.01 Å². The molecular weight excluding hydrogens is 298 g/mol. The number of amides is 1. The van der Waals surface area contributed by atoms with Gasteiger partial charge in [-0.2, -0.15) is 0 Å². The van der Waals surface area contributed by atoms with Gasteiger partial charge in [0.15, 0.2) is 0 Å². The van der Waals surface area contributed by atoms with E-state index < -0.39 is 0 Å². The molecule has 1 aromatic carbocycles. The van der Waals surface area contributed by atoms with Crippen molar-refractivity contribution in [2.24, 2.45) is 0 Å². The van der Waals surface area contributed by atoms with Crippen LogP contribution in [0.3, 0.4) is 0 Å². The number of ether oxygens (including phenoxy) is 1. The highest BCUT2D eigenvalue weighted by Crippen LogP contribution is 2.13. The summed E-state index contributed by atoms with van der Waals surface area (Å²) in [4.78, 5) is 19.7.